The monoisotopic (exact) mass is 401 g/mol. The second-order valence-corrected chi connectivity index (χ2v) is 8.12. The molecular weight excluding hydrogens is 370 g/mol. The van der Waals surface area contributed by atoms with Crippen LogP contribution >= 0.6 is 11.5 Å². The molecule has 152 valence electrons. The number of anilines is 1. The number of nitrogens with one attached hydrogen (secondary N) is 1. The van der Waals surface area contributed by atoms with Gasteiger partial charge in [-0.3, -0.25) is 9.98 Å². The van der Waals surface area contributed by atoms with Gasteiger partial charge in [-0.05, 0) is 17.5 Å². The van der Waals surface area contributed by atoms with E-state index in [4.69, 9.17) is 0 Å². The number of nitrogens with zero attached hydrogens (tertiary/aromatic N) is 6. The minimum Gasteiger partial charge on any atom is -0.356 e. The summed E-state index contributed by atoms with van der Waals surface area (Å²) < 4.78 is 4.41. The zero-order valence-electron chi connectivity index (χ0n) is 17.3. The predicted molar refractivity (Wildman–Crippen MR) is 116 cm³/mol. The SMILES string of the molecule is CCc1nsc(N2CCN(C(=NC)NCC(c3cccnc3)C(C)C)CC2)n1. The number of aromatic nitrogens is 3. The first-order valence-electron chi connectivity index (χ1n) is 10.1. The number of guanidine groups is 1. The van der Waals surface area contributed by atoms with Gasteiger partial charge in [0.25, 0.3) is 0 Å². The Labute approximate surface area is 172 Å². The minimum atomic E-state index is 0.403. The normalized spacial score (nSPS) is 16.5. The average molecular weight is 402 g/mol. The van der Waals surface area contributed by atoms with Crippen LogP contribution in [-0.2, 0) is 6.42 Å². The molecule has 0 aromatic carbocycles. The lowest BCUT2D eigenvalue weighted by molar-refractivity contribution is 0.367. The van der Waals surface area contributed by atoms with E-state index >= 15 is 0 Å². The molecule has 1 aliphatic rings. The summed E-state index contributed by atoms with van der Waals surface area (Å²) in [6.45, 7) is 11.2. The van der Waals surface area contributed by atoms with Gasteiger partial charge in [0.15, 0.2) is 5.96 Å². The van der Waals surface area contributed by atoms with E-state index in [2.05, 4.69) is 61.3 Å². The van der Waals surface area contributed by atoms with Crippen molar-refractivity contribution >= 4 is 22.6 Å². The van der Waals surface area contributed by atoms with E-state index in [0.29, 0.717) is 11.8 Å². The van der Waals surface area contributed by atoms with Crippen LogP contribution in [0.5, 0.6) is 0 Å². The molecule has 1 atom stereocenters. The van der Waals surface area contributed by atoms with Crippen molar-refractivity contribution in [1.29, 1.82) is 0 Å². The Morgan fingerprint density at radius 2 is 2.07 bits per heavy atom. The van der Waals surface area contributed by atoms with Crippen LogP contribution in [-0.4, -0.2) is 65.0 Å². The van der Waals surface area contributed by atoms with Gasteiger partial charge in [0.05, 0.1) is 0 Å². The summed E-state index contributed by atoms with van der Waals surface area (Å²) in [4.78, 5) is 18.1. The summed E-state index contributed by atoms with van der Waals surface area (Å²) in [6, 6.07) is 4.17. The molecule has 8 heteroatoms. The zero-order chi connectivity index (χ0) is 19.9. The van der Waals surface area contributed by atoms with Gasteiger partial charge in [0.2, 0.25) is 5.13 Å². The smallest absolute Gasteiger partial charge is 0.205 e. The van der Waals surface area contributed by atoms with Gasteiger partial charge in [-0.15, -0.1) is 0 Å². The summed E-state index contributed by atoms with van der Waals surface area (Å²) in [7, 11) is 1.86. The van der Waals surface area contributed by atoms with Crippen molar-refractivity contribution in [3.63, 3.8) is 0 Å². The van der Waals surface area contributed by atoms with Crippen LogP contribution in [0, 0.1) is 5.92 Å². The maximum atomic E-state index is 4.62. The Hall–Kier alpha value is -2.22. The van der Waals surface area contributed by atoms with E-state index in [0.717, 1.165) is 56.1 Å². The Morgan fingerprint density at radius 1 is 1.29 bits per heavy atom. The maximum Gasteiger partial charge on any atom is 0.205 e. The minimum absolute atomic E-state index is 0.403. The highest BCUT2D eigenvalue weighted by Gasteiger charge is 2.23. The van der Waals surface area contributed by atoms with E-state index < -0.39 is 0 Å². The topological polar surface area (TPSA) is 69.5 Å². The first kappa shape index (κ1) is 20.5. The molecule has 3 rings (SSSR count). The van der Waals surface area contributed by atoms with Gasteiger partial charge in [0.1, 0.15) is 5.82 Å². The van der Waals surface area contributed by atoms with Crippen molar-refractivity contribution < 1.29 is 0 Å². The third kappa shape index (κ3) is 4.98. The molecule has 3 heterocycles. The van der Waals surface area contributed by atoms with E-state index in [-0.39, 0.29) is 0 Å². The van der Waals surface area contributed by atoms with Gasteiger partial charge >= 0.3 is 0 Å². The van der Waals surface area contributed by atoms with Crippen LogP contribution in [0.15, 0.2) is 29.5 Å². The largest absolute Gasteiger partial charge is 0.356 e. The third-order valence-electron chi connectivity index (χ3n) is 5.23. The molecule has 1 fully saturated rings. The second kappa shape index (κ2) is 9.82. The number of pyridine rings is 1. The van der Waals surface area contributed by atoms with Crippen LogP contribution in [0.2, 0.25) is 0 Å². The Balaban J connectivity index is 1.55. The first-order chi connectivity index (χ1) is 13.6. The molecule has 2 aromatic heterocycles. The average Bonchev–Trinajstić information content (AvgIpc) is 3.21. The summed E-state index contributed by atoms with van der Waals surface area (Å²) >= 11 is 1.51. The van der Waals surface area contributed by atoms with Crippen molar-refractivity contribution in [3.05, 3.63) is 35.9 Å². The fourth-order valence-corrected chi connectivity index (χ4v) is 4.29. The summed E-state index contributed by atoms with van der Waals surface area (Å²) in [5.74, 6) is 2.84. The quantitative estimate of drug-likeness (QED) is 0.593. The highest BCUT2D eigenvalue weighted by Crippen LogP contribution is 2.23. The van der Waals surface area contributed by atoms with E-state index in [1.165, 1.54) is 17.1 Å². The molecule has 0 spiro atoms. The Morgan fingerprint density at radius 3 is 2.64 bits per heavy atom. The highest BCUT2D eigenvalue weighted by molar-refractivity contribution is 7.09. The molecule has 1 aliphatic heterocycles. The lowest BCUT2D eigenvalue weighted by Crippen LogP contribution is -2.53. The Kier molecular flexibility index (Phi) is 7.19. The van der Waals surface area contributed by atoms with Crippen LogP contribution < -0.4 is 10.2 Å². The van der Waals surface area contributed by atoms with Crippen molar-refractivity contribution in [2.45, 2.75) is 33.1 Å². The van der Waals surface area contributed by atoms with E-state index in [9.17, 15) is 0 Å². The summed E-state index contributed by atoms with van der Waals surface area (Å²) in [5, 5.41) is 4.63. The predicted octanol–water partition coefficient (Wildman–Crippen LogP) is 2.63. The molecule has 2 aromatic rings. The fourth-order valence-electron chi connectivity index (χ4n) is 3.49. The van der Waals surface area contributed by atoms with E-state index in [1.807, 2.05) is 25.5 Å². The number of hydrogen-bond acceptors (Lipinski definition) is 6. The maximum absolute atomic E-state index is 4.62. The third-order valence-corrected chi connectivity index (χ3v) is 6.05. The van der Waals surface area contributed by atoms with Crippen LogP contribution in [0.1, 0.15) is 38.1 Å². The van der Waals surface area contributed by atoms with Gasteiger partial charge < -0.3 is 15.1 Å². The Bertz CT molecular complexity index is 751. The van der Waals surface area contributed by atoms with Crippen molar-refractivity contribution in [2.75, 3.05) is 44.7 Å². The lowest BCUT2D eigenvalue weighted by atomic mass is 9.89. The molecule has 1 N–H and O–H groups in total. The van der Waals surface area contributed by atoms with Crippen molar-refractivity contribution in [1.82, 2.24) is 24.6 Å². The molecule has 0 radical (unpaired) electrons. The molecule has 7 nitrogen and oxygen atoms in total. The van der Waals surface area contributed by atoms with Crippen LogP contribution in [0.25, 0.3) is 0 Å². The van der Waals surface area contributed by atoms with Gasteiger partial charge in [-0.1, -0.05) is 26.8 Å². The van der Waals surface area contributed by atoms with Gasteiger partial charge in [0, 0.05) is 76.0 Å². The highest BCUT2D eigenvalue weighted by atomic mass is 32.1. The van der Waals surface area contributed by atoms with Crippen molar-refractivity contribution in [3.8, 4) is 0 Å². The van der Waals surface area contributed by atoms with Crippen LogP contribution in [0.4, 0.5) is 5.13 Å². The molecule has 1 saturated heterocycles. The van der Waals surface area contributed by atoms with Crippen LogP contribution in [0.3, 0.4) is 0 Å². The number of aryl methyl sites for hydroxylation is 1. The molecule has 0 amide bonds. The number of hydrogen-bond donors (Lipinski definition) is 1. The number of rotatable bonds is 6. The zero-order valence-corrected chi connectivity index (χ0v) is 18.1. The van der Waals surface area contributed by atoms with Crippen molar-refractivity contribution in [2.24, 2.45) is 10.9 Å². The van der Waals surface area contributed by atoms with Gasteiger partial charge in [-0.25, -0.2) is 4.98 Å². The second-order valence-electron chi connectivity index (χ2n) is 7.39. The first-order valence-corrected chi connectivity index (χ1v) is 10.8. The molecular formula is C20H31N7S. The molecule has 0 bridgehead atoms. The molecule has 28 heavy (non-hydrogen) atoms. The fraction of sp³-hybridized carbons (Fsp3) is 0.600. The van der Waals surface area contributed by atoms with Gasteiger partial charge in [-0.2, -0.15) is 4.37 Å². The lowest BCUT2D eigenvalue weighted by Gasteiger charge is -2.36. The molecule has 1 unspecified atom stereocenters. The van der Waals surface area contributed by atoms with E-state index in [1.54, 1.807) is 0 Å². The summed E-state index contributed by atoms with van der Waals surface area (Å²) in [6.07, 6.45) is 4.69. The standard InChI is InChI=1S/C20H31N7S/c1-5-18-24-20(28-25-18)27-11-9-26(10-12-27)19(21-4)23-14-17(15(2)3)16-7-6-8-22-13-16/h6-8,13,15,17H,5,9-12,14H2,1-4H3,(H,21,23). The number of aliphatic imine (C=N–C) groups is 1. The summed E-state index contributed by atoms with van der Waals surface area (Å²) in [5.41, 5.74) is 1.27. The number of piperazine rings is 1. The molecule has 0 saturated carbocycles. The molecule has 0 aliphatic carbocycles.